The summed E-state index contributed by atoms with van der Waals surface area (Å²) >= 11 is 0. The van der Waals surface area contributed by atoms with Crippen LogP contribution in [-0.2, 0) is 4.79 Å². The van der Waals surface area contributed by atoms with Crippen LogP contribution < -0.4 is 15.7 Å². The van der Waals surface area contributed by atoms with Gasteiger partial charge in [-0.1, -0.05) is 12.1 Å². The molecule has 0 unspecified atom stereocenters. The highest BCUT2D eigenvalue weighted by atomic mass is 16.6. The van der Waals surface area contributed by atoms with Gasteiger partial charge in [0.25, 0.3) is 5.69 Å². The van der Waals surface area contributed by atoms with Gasteiger partial charge in [-0.2, -0.15) is 0 Å². The number of carboxylic acid groups (broad SMARTS) is 1. The van der Waals surface area contributed by atoms with Crippen molar-refractivity contribution in [2.24, 2.45) is 0 Å². The van der Waals surface area contributed by atoms with Crippen LogP contribution in [0.4, 0.5) is 10.5 Å². The number of hydrogen-bond acceptors (Lipinski definition) is 5. The molecule has 1 aliphatic heterocycles. The monoisotopic (exact) mass is 262 g/mol. The van der Waals surface area contributed by atoms with Crippen LogP contribution in [0.2, 0.25) is 0 Å². The van der Waals surface area contributed by atoms with Crippen molar-refractivity contribution in [3.8, 4) is 0 Å². The van der Waals surface area contributed by atoms with Gasteiger partial charge in [-0.05, 0) is 11.6 Å². The first-order chi connectivity index (χ1) is 8.97. The highest BCUT2D eigenvalue weighted by Gasteiger charge is 2.21. The molecule has 1 aromatic carbocycles. The number of aliphatic carboxylic acids is 1. The molecule has 2 rings (SSSR count). The van der Waals surface area contributed by atoms with Crippen molar-refractivity contribution in [1.82, 2.24) is 10.6 Å². The summed E-state index contributed by atoms with van der Waals surface area (Å²) in [4.78, 5) is 32.1. The Morgan fingerprint density at radius 2 is 2.11 bits per heavy atom. The number of rotatable bonds is 3. The number of urea groups is 1. The molecule has 2 amide bonds. The zero-order valence-electron chi connectivity index (χ0n) is 9.45. The molecule has 0 saturated heterocycles. The largest absolute Gasteiger partial charge is 0.543 e. The Balaban J connectivity index is 2.38. The van der Waals surface area contributed by atoms with Crippen LogP contribution in [0.3, 0.4) is 0 Å². The summed E-state index contributed by atoms with van der Waals surface area (Å²) in [6.45, 7) is 0. The van der Waals surface area contributed by atoms with Crippen LogP contribution >= 0.6 is 0 Å². The maximum atomic E-state index is 11.3. The molecule has 0 spiro atoms. The molecule has 0 aromatic heterocycles. The number of carboxylic acids is 1. The quantitative estimate of drug-likeness (QED) is 0.565. The molecule has 0 bridgehead atoms. The lowest BCUT2D eigenvalue weighted by atomic mass is 10.0. The average Bonchev–Trinajstić information content (AvgIpc) is 2.38. The smallest absolute Gasteiger partial charge is 0.320 e. The van der Waals surface area contributed by atoms with Gasteiger partial charge in [-0.15, -0.1) is 0 Å². The molecule has 0 aliphatic carbocycles. The van der Waals surface area contributed by atoms with Crippen molar-refractivity contribution < 1.29 is 19.6 Å². The summed E-state index contributed by atoms with van der Waals surface area (Å²) in [5.74, 6) is -1.52. The van der Waals surface area contributed by atoms with E-state index in [1.54, 1.807) is 6.07 Å². The first-order valence-electron chi connectivity index (χ1n) is 5.22. The molecule has 0 saturated carbocycles. The summed E-state index contributed by atoms with van der Waals surface area (Å²) in [6, 6.07) is 4.09. The second kappa shape index (κ2) is 4.77. The minimum atomic E-state index is -1.52. The summed E-state index contributed by atoms with van der Waals surface area (Å²) in [7, 11) is 0. The zero-order valence-corrected chi connectivity index (χ0v) is 9.45. The van der Waals surface area contributed by atoms with Gasteiger partial charge < -0.3 is 20.5 Å². The third-order valence-electron chi connectivity index (χ3n) is 2.53. The van der Waals surface area contributed by atoms with Gasteiger partial charge in [0.1, 0.15) is 0 Å². The fraction of sp³-hybridized carbons (Fsp3) is 0.0909. The number of nitro groups is 1. The first-order valence-corrected chi connectivity index (χ1v) is 5.22. The number of benzene rings is 1. The van der Waals surface area contributed by atoms with Crippen LogP contribution in [0.1, 0.15) is 11.6 Å². The van der Waals surface area contributed by atoms with Crippen molar-refractivity contribution >= 4 is 17.7 Å². The van der Waals surface area contributed by atoms with Gasteiger partial charge in [0.2, 0.25) is 0 Å². The van der Waals surface area contributed by atoms with Crippen LogP contribution in [0.5, 0.6) is 0 Å². The molecule has 0 fully saturated rings. The zero-order chi connectivity index (χ0) is 14.0. The van der Waals surface area contributed by atoms with E-state index in [4.69, 9.17) is 0 Å². The number of nitrogens with one attached hydrogen (secondary N) is 2. The second-order valence-corrected chi connectivity index (χ2v) is 3.80. The van der Waals surface area contributed by atoms with Crippen molar-refractivity contribution in [1.29, 1.82) is 0 Å². The van der Waals surface area contributed by atoms with E-state index >= 15 is 0 Å². The van der Waals surface area contributed by atoms with E-state index in [-0.39, 0.29) is 11.4 Å². The van der Waals surface area contributed by atoms with Crippen LogP contribution in [0.25, 0.3) is 0 Å². The van der Waals surface area contributed by atoms with Crippen molar-refractivity contribution in [2.75, 3.05) is 0 Å². The molecule has 1 aliphatic rings. The predicted molar refractivity (Wildman–Crippen MR) is 60.6 cm³/mol. The SMILES string of the molecule is O=C1NC(C(=O)[O-])=C[C@H](c2cccc([N+](=O)[O-])c2)N1. The Bertz CT molecular complexity index is 596. The highest BCUT2D eigenvalue weighted by molar-refractivity contribution is 5.92. The van der Waals surface area contributed by atoms with Crippen LogP contribution in [-0.4, -0.2) is 16.9 Å². The number of non-ortho nitro benzene ring substituents is 1. The van der Waals surface area contributed by atoms with Gasteiger partial charge >= 0.3 is 6.03 Å². The lowest BCUT2D eigenvalue weighted by molar-refractivity contribution is -0.384. The van der Waals surface area contributed by atoms with Gasteiger partial charge in [-0.25, -0.2) is 4.79 Å². The molecule has 1 atom stereocenters. The van der Waals surface area contributed by atoms with Gasteiger partial charge in [-0.3, -0.25) is 10.1 Å². The maximum Gasteiger partial charge on any atom is 0.320 e. The van der Waals surface area contributed by atoms with Gasteiger partial charge in [0.15, 0.2) is 0 Å². The topological polar surface area (TPSA) is 124 Å². The molecule has 98 valence electrons. The molecule has 1 heterocycles. The maximum absolute atomic E-state index is 11.3. The average molecular weight is 262 g/mol. The summed E-state index contributed by atoms with van der Waals surface area (Å²) < 4.78 is 0. The molecular formula is C11H8N3O5-. The minimum absolute atomic E-state index is 0.145. The summed E-state index contributed by atoms with van der Waals surface area (Å²) in [6.07, 6.45) is 1.22. The summed E-state index contributed by atoms with van der Waals surface area (Å²) in [5.41, 5.74) is -0.114. The van der Waals surface area contributed by atoms with E-state index in [1.807, 2.05) is 0 Å². The molecule has 8 nitrogen and oxygen atoms in total. The number of hydrogen-bond donors (Lipinski definition) is 2. The Hall–Kier alpha value is -2.90. The summed E-state index contributed by atoms with van der Waals surface area (Å²) in [5, 5.41) is 25.9. The van der Waals surface area contributed by atoms with Crippen LogP contribution in [0.15, 0.2) is 36.0 Å². The van der Waals surface area contributed by atoms with E-state index in [0.29, 0.717) is 5.56 Å². The molecule has 2 N–H and O–H groups in total. The van der Waals surface area contributed by atoms with E-state index in [1.165, 1.54) is 24.3 Å². The molecule has 0 radical (unpaired) electrons. The first kappa shape index (κ1) is 12.6. The Morgan fingerprint density at radius 3 is 2.74 bits per heavy atom. The fourth-order valence-electron chi connectivity index (χ4n) is 1.68. The highest BCUT2D eigenvalue weighted by Crippen LogP contribution is 2.22. The van der Waals surface area contributed by atoms with E-state index in [2.05, 4.69) is 10.6 Å². The minimum Gasteiger partial charge on any atom is -0.543 e. The van der Waals surface area contributed by atoms with E-state index in [9.17, 15) is 24.8 Å². The lowest BCUT2D eigenvalue weighted by Crippen LogP contribution is -2.46. The Labute approximate surface area is 106 Å². The number of nitro benzene ring substituents is 1. The van der Waals surface area contributed by atoms with E-state index < -0.39 is 23.0 Å². The Morgan fingerprint density at radius 1 is 1.37 bits per heavy atom. The third kappa shape index (κ3) is 2.68. The third-order valence-corrected chi connectivity index (χ3v) is 2.53. The second-order valence-electron chi connectivity index (χ2n) is 3.80. The van der Waals surface area contributed by atoms with Crippen molar-refractivity contribution in [2.45, 2.75) is 6.04 Å². The predicted octanol–water partition coefficient (Wildman–Crippen LogP) is -0.417. The lowest BCUT2D eigenvalue weighted by Gasteiger charge is -2.24. The van der Waals surface area contributed by atoms with Gasteiger partial charge in [0, 0.05) is 12.1 Å². The van der Waals surface area contributed by atoms with Crippen molar-refractivity contribution in [3.63, 3.8) is 0 Å². The molecule has 19 heavy (non-hydrogen) atoms. The number of amides is 2. The normalized spacial score (nSPS) is 18.0. The molecular weight excluding hydrogens is 254 g/mol. The Kier molecular flexibility index (Phi) is 3.15. The van der Waals surface area contributed by atoms with Gasteiger partial charge in [0.05, 0.1) is 22.6 Å². The molecule has 1 aromatic rings. The van der Waals surface area contributed by atoms with Crippen LogP contribution in [0, 0.1) is 10.1 Å². The van der Waals surface area contributed by atoms with Crippen molar-refractivity contribution in [3.05, 3.63) is 51.7 Å². The van der Waals surface area contributed by atoms with E-state index in [0.717, 1.165) is 0 Å². The number of carbonyl (C=O) groups is 2. The standard InChI is InChI=1S/C11H9N3O5/c15-10(16)9-5-8(12-11(17)13-9)6-2-1-3-7(4-6)14(18)19/h1-5,8H,(H,15,16)(H2,12,13,17)/p-1/t8-/m1/s1. The number of nitrogens with zero attached hydrogens (tertiary/aromatic N) is 1. The number of carbonyl (C=O) groups excluding carboxylic acids is 2. The molecule has 8 heteroatoms. The fourth-order valence-corrected chi connectivity index (χ4v) is 1.68.